The topological polar surface area (TPSA) is 75.6 Å². The molecule has 1 unspecified atom stereocenters. The molecule has 5 nitrogen and oxygen atoms in total. The lowest BCUT2D eigenvalue weighted by atomic mass is 10.1. The van der Waals surface area contributed by atoms with Crippen molar-refractivity contribution in [2.24, 2.45) is 5.92 Å². The number of carboxylic acid groups (broad SMARTS) is 1. The Labute approximate surface area is 132 Å². The maximum Gasteiger partial charge on any atom is 0.339 e. The summed E-state index contributed by atoms with van der Waals surface area (Å²) in [5, 5.41) is 12.0. The van der Waals surface area contributed by atoms with Crippen LogP contribution in [0.4, 0.5) is 0 Å². The van der Waals surface area contributed by atoms with Gasteiger partial charge in [-0.1, -0.05) is 29.8 Å². The molecule has 0 aromatic heterocycles. The highest BCUT2D eigenvalue weighted by molar-refractivity contribution is 9.10. The van der Waals surface area contributed by atoms with Gasteiger partial charge in [-0.05, 0) is 37.5 Å². The Kier molecular flexibility index (Phi) is 6.20. The summed E-state index contributed by atoms with van der Waals surface area (Å²) in [5.41, 5.74) is 0.690. The third-order valence-electron chi connectivity index (χ3n) is 2.82. The lowest BCUT2D eigenvalue weighted by molar-refractivity contribution is -0.127. The molecule has 0 aliphatic carbocycles. The number of benzene rings is 1. The van der Waals surface area contributed by atoms with Crippen molar-refractivity contribution in [3.05, 3.63) is 27.7 Å². The maximum absolute atomic E-state index is 11.9. The molecule has 0 fully saturated rings. The maximum atomic E-state index is 11.9. The molecule has 1 rings (SSSR count). The molecular formula is C15H20BrNO4. The average Bonchev–Trinajstić information content (AvgIpc) is 2.38. The Morgan fingerprint density at radius 3 is 2.48 bits per heavy atom. The van der Waals surface area contributed by atoms with Crippen molar-refractivity contribution in [1.29, 1.82) is 0 Å². The van der Waals surface area contributed by atoms with Crippen LogP contribution in [0.1, 0.15) is 36.7 Å². The first-order valence-electron chi connectivity index (χ1n) is 6.70. The highest BCUT2D eigenvalue weighted by Crippen LogP contribution is 2.29. The average molecular weight is 358 g/mol. The molecule has 6 heteroatoms. The van der Waals surface area contributed by atoms with Crippen molar-refractivity contribution in [3.63, 3.8) is 0 Å². The van der Waals surface area contributed by atoms with Gasteiger partial charge in [0, 0.05) is 11.0 Å². The summed E-state index contributed by atoms with van der Waals surface area (Å²) in [5.74, 6) is -0.797. The van der Waals surface area contributed by atoms with Crippen molar-refractivity contribution in [3.8, 4) is 5.75 Å². The fourth-order valence-corrected chi connectivity index (χ4v) is 2.30. The standard InChI is InChI=1S/C15H20BrNO4/c1-8(2)7-17-14(18)10(4)21-13-9(3)5-11(16)6-12(13)15(19)20/h5-6,8,10H,7H2,1-4H3,(H,17,18)(H,19,20). The Morgan fingerprint density at radius 1 is 1.33 bits per heavy atom. The second-order valence-electron chi connectivity index (χ2n) is 5.30. The van der Waals surface area contributed by atoms with Gasteiger partial charge in [0.25, 0.3) is 5.91 Å². The van der Waals surface area contributed by atoms with Gasteiger partial charge in [0.15, 0.2) is 6.10 Å². The van der Waals surface area contributed by atoms with Gasteiger partial charge in [0.1, 0.15) is 11.3 Å². The monoisotopic (exact) mass is 357 g/mol. The number of aromatic carboxylic acids is 1. The molecule has 116 valence electrons. The van der Waals surface area contributed by atoms with Gasteiger partial charge in [0.2, 0.25) is 0 Å². The highest BCUT2D eigenvalue weighted by atomic mass is 79.9. The summed E-state index contributed by atoms with van der Waals surface area (Å²) in [6, 6.07) is 3.21. The number of carboxylic acids is 1. The van der Waals surface area contributed by atoms with Crippen LogP contribution in [0.2, 0.25) is 0 Å². The molecule has 2 N–H and O–H groups in total. The highest BCUT2D eigenvalue weighted by Gasteiger charge is 2.21. The molecular weight excluding hydrogens is 338 g/mol. The van der Waals surface area contributed by atoms with Gasteiger partial charge < -0.3 is 15.2 Å². The molecule has 0 radical (unpaired) electrons. The normalized spacial score (nSPS) is 12.1. The van der Waals surface area contributed by atoms with Gasteiger partial charge in [-0.2, -0.15) is 0 Å². The number of halogens is 1. The van der Waals surface area contributed by atoms with Gasteiger partial charge in [-0.3, -0.25) is 4.79 Å². The fourth-order valence-electron chi connectivity index (χ4n) is 1.72. The van der Waals surface area contributed by atoms with Crippen LogP contribution in [-0.2, 0) is 4.79 Å². The molecule has 1 aromatic rings. The summed E-state index contributed by atoms with van der Waals surface area (Å²) < 4.78 is 6.23. The predicted molar refractivity (Wildman–Crippen MR) is 83.8 cm³/mol. The van der Waals surface area contributed by atoms with Crippen LogP contribution in [0.5, 0.6) is 5.75 Å². The fraction of sp³-hybridized carbons (Fsp3) is 0.467. The first-order chi connectivity index (χ1) is 9.72. The number of carbonyl (C=O) groups excluding carboxylic acids is 1. The molecule has 0 aliphatic rings. The quantitative estimate of drug-likeness (QED) is 0.820. The van der Waals surface area contributed by atoms with E-state index in [4.69, 9.17) is 4.74 Å². The first-order valence-corrected chi connectivity index (χ1v) is 7.49. The van der Waals surface area contributed by atoms with E-state index in [9.17, 15) is 14.7 Å². The summed E-state index contributed by atoms with van der Waals surface area (Å²) in [7, 11) is 0. The Morgan fingerprint density at radius 2 is 1.95 bits per heavy atom. The van der Waals surface area contributed by atoms with Crippen molar-refractivity contribution < 1.29 is 19.4 Å². The molecule has 0 saturated heterocycles. The summed E-state index contributed by atoms with van der Waals surface area (Å²) in [6.07, 6.45) is -0.762. The molecule has 0 aliphatic heterocycles. The number of amides is 1. The van der Waals surface area contributed by atoms with Crippen LogP contribution in [0.3, 0.4) is 0 Å². The molecule has 0 saturated carbocycles. The van der Waals surface area contributed by atoms with E-state index in [0.717, 1.165) is 0 Å². The van der Waals surface area contributed by atoms with Crippen LogP contribution in [0, 0.1) is 12.8 Å². The zero-order valence-electron chi connectivity index (χ0n) is 12.6. The van der Waals surface area contributed by atoms with Gasteiger partial charge >= 0.3 is 5.97 Å². The van der Waals surface area contributed by atoms with Crippen LogP contribution >= 0.6 is 15.9 Å². The van der Waals surface area contributed by atoms with E-state index in [2.05, 4.69) is 21.2 Å². The Hall–Kier alpha value is -1.56. The third kappa shape index (κ3) is 5.04. The van der Waals surface area contributed by atoms with Crippen molar-refractivity contribution in [2.75, 3.05) is 6.54 Å². The van der Waals surface area contributed by atoms with E-state index < -0.39 is 12.1 Å². The molecule has 1 aromatic carbocycles. The molecule has 1 atom stereocenters. The van der Waals surface area contributed by atoms with E-state index >= 15 is 0 Å². The number of aryl methyl sites for hydroxylation is 1. The van der Waals surface area contributed by atoms with Crippen molar-refractivity contribution in [2.45, 2.75) is 33.8 Å². The second-order valence-corrected chi connectivity index (χ2v) is 6.22. The van der Waals surface area contributed by atoms with E-state index in [0.29, 0.717) is 22.5 Å². The van der Waals surface area contributed by atoms with Crippen molar-refractivity contribution in [1.82, 2.24) is 5.32 Å². The van der Waals surface area contributed by atoms with E-state index in [-0.39, 0.29) is 17.2 Å². The largest absolute Gasteiger partial charge is 0.480 e. The van der Waals surface area contributed by atoms with E-state index in [1.165, 1.54) is 6.07 Å². The van der Waals surface area contributed by atoms with Gasteiger partial charge in [0.05, 0.1) is 0 Å². The van der Waals surface area contributed by atoms with Gasteiger partial charge in [-0.25, -0.2) is 4.79 Å². The zero-order valence-corrected chi connectivity index (χ0v) is 14.2. The minimum absolute atomic E-state index is 0.0328. The predicted octanol–water partition coefficient (Wildman–Crippen LogP) is 3.00. The van der Waals surface area contributed by atoms with Gasteiger partial charge in [-0.15, -0.1) is 0 Å². The lowest BCUT2D eigenvalue weighted by Crippen LogP contribution is -2.38. The second kappa shape index (κ2) is 7.45. The van der Waals surface area contributed by atoms with Crippen LogP contribution in [0.25, 0.3) is 0 Å². The minimum atomic E-state index is -1.09. The molecule has 0 spiro atoms. The SMILES string of the molecule is Cc1cc(Br)cc(C(=O)O)c1OC(C)C(=O)NCC(C)C. The number of rotatable bonds is 6. The lowest BCUT2D eigenvalue weighted by Gasteiger charge is -2.18. The number of nitrogens with one attached hydrogen (secondary N) is 1. The molecule has 21 heavy (non-hydrogen) atoms. The molecule has 1 amide bonds. The number of carbonyl (C=O) groups is 2. The number of hydrogen-bond donors (Lipinski definition) is 2. The first kappa shape index (κ1) is 17.5. The molecule has 0 heterocycles. The van der Waals surface area contributed by atoms with Crippen LogP contribution < -0.4 is 10.1 Å². The number of ether oxygens (including phenoxy) is 1. The van der Waals surface area contributed by atoms with Crippen LogP contribution in [0.15, 0.2) is 16.6 Å². The summed E-state index contributed by atoms with van der Waals surface area (Å²) in [4.78, 5) is 23.2. The van der Waals surface area contributed by atoms with Crippen molar-refractivity contribution >= 4 is 27.8 Å². The van der Waals surface area contributed by atoms with Crippen LogP contribution in [-0.4, -0.2) is 29.6 Å². The summed E-state index contributed by atoms with van der Waals surface area (Å²) in [6.45, 7) is 7.88. The third-order valence-corrected chi connectivity index (χ3v) is 3.28. The molecule has 0 bridgehead atoms. The van der Waals surface area contributed by atoms with E-state index in [1.54, 1.807) is 19.9 Å². The smallest absolute Gasteiger partial charge is 0.339 e. The zero-order chi connectivity index (χ0) is 16.2. The summed E-state index contributed by atoms with van der Waals surface area (Å²) >= 11 is 3.25. The Bertz CT molecular complexity index is 543. The minimum Gasteiger partial charge on any atom is -0.480 e. The Balaban J connectivity index is 2.92. The van der Waals surface area contributed by atoms with E-state index in [1.807, 2.05) is 13.8 Å². The number of hydrogen-bond acceptors (Lipinski definition) is 3.